The van der Waals surface area contributed by atoms with Gasteiger partial charge < -0.3 is 24.1 Å². The van der Waals surface area contributed by atoms with E-state index in [4.69, 9.17) is 30.3 Å². The predicted octanol–water partition coefficient (Wildman–Crippen LogP) is 5.86. The van der Waals surface area contributed by atoms with Crippen molar-refractivity contribution in [3.8, 4) is 22.9 Å². The highest BCUT2D eigenvalue weighted by Crippen LogP contribution is 2.40. The van der Waals surface area contributed by atoms with Crippen LogP contribution >= 0.6 is 23.4 Å². The molecule has 0 atom stereocenters. The summed E-state index contributed by atoms with van der Waals surface area (Å²) in [5.74, 6) is 2.00. The van der Waals surface area contributed by atoms with E-state index >= 15 is 0 Å². The van der Waals surface area contributed by atoms with Gasteiger partial charge in [-0.15, -0.1) is 0 Å². The van der Waals surface area contributed by atoms with Gasteiger partial charge in [-0.2, -0.15) is 11.8 Å². The monoisotopic (exact) mass is 579 g/mol. The molecule has 0 saturated carbocycles. The van der Waals surface area contributed by atoms with Crippen LogP contribution in [0.15, 0.2) is 63.9 Å². The molecule has 1 N–H and O–H groups in total. The molecule has 2 aromatic heterocycles. The summed E-state index contributed by atoms with van der Waals surface area (Å²) in [5.41, 5.74) is 2.55. The summed E-state index contributed by atoms with van der Waals surface area (Å²) in [6.07, 6.45) is 1.98. The normalized spacial score (nSPS) is 11.1. The highest BCUT2D eigenvalue weighted by molar-refractivity contribution is 7.97. The van der Waals surface area contributed by atoms with Crippen molar-refractivity contribution in [3.05, 3.63) is 81.3 Å². The second kappa shape index (κ2) is 11.5. The summed E-state index contributed by atoms with van der Waals surface area (Å²) in [4.78, 5) is 26.9. The van der Waals surface area contributed by atoms with Crippen LogP contribution < -0.4 is 25.1 Å². The van der Waals surface area contributed by atoms with Gasteiger partial charge in [0.05, 0.1) is 44.0 Å². The molecule has 0 bridgehead atoms. The molecule has 40 heavy (non-hydrogen) atoms. The van der Waals surface area contributed by atoms with Crippen LogP contribution in [0.25, 0.3) is 27.5 Å². The van der Waals surface area contributed by atoms with E-state index in [-0.39, 0.29) is 17.9 Å². The highest BCUT2D eigenvalue weighted by atomic mass is 35.5. The van der Waals surface area contributed by atoms with Crippen molar-refractivity contribution in [2.45, 2.75) is 12.2 Å². The number of pyridine rings is 1. The lowest BCUT2D eigenvalue weighted by atomic mass is 10.1. The Labute approximate surface area is 238 Å². The largest absolute Gasteiger partial charge is 0.493 e. The van der Waals surface area contributed by atoms with Gasteiger partial charge in [0.15, 0.2) is 17.3 Å². The third kappa shape index (κ3) is 4.96. The number of nitrogens with zero attached hydrogens (tertiary/aromatic N) is 2. The number of thioether (sulfide) groups is 1. The molecule has 3 aromatic carbocycles. The zero-order chi connectivity index (χ0) is 28.4. The van der Waals surface area contributed by atoms with Gasteiger partial charge in [-0.25, -0.2) is 0 Å². The molecule has 0 radical (unpaired) electrons. The molecule has 1 amide bonds. The summed E-state index contributed by atoms with van der Waals surface area (Å²) in [7, 11) is 4.53. The number of carbonyl (C=O) groups excluding carboxylic acids is 1. The zero-order valence-corrected chi connectivity index (χ0v) is 23.8. The maximum atomic E-state index is 13.9. The first-order valence-corrected chi connectivity index (χ1v) is 14.0. The van der Waals surface area contributed by atoms with Crippen LogP contribution in [0.1, 0.15) is 11.3 Å². The van der Waals surface area contributed by atoms with Crippen LogP contribution in [0, 0.1) is 0 Å². The number of amides is 1. The lowest BCUT2D eigenvalue weighted by molar-refractivity contribution is -0.115. The Hall–Kier alpha value is -4.15. The van der Waals surface area contributed by atoms with Gasteiger partial charge in [0.2, 0.25) is 11.7 Å². The number of halogens is 1. The van der Waals surface area contributed by atoms with E-state index < -0.39 is 0 Å². The van der Waals surface area contributed by atoms with Gasteiger partial charge in [0.1, 0.15) is 10.9 Å². The second-order valence-corrected chi connectivity index (χ2v) is 10.1. The molecule has 0 aliphatic rings. The van der Waals surface area contributed by atoms with E-state index in [1.807, 2.05) is 30.5 Å². The molecule has 206 valence electrons. The number of benzene rings is 3. The number of nitrogens with one attached hydrogen (secondary N) is 1. The van der Waals surface area contributed by atoms with E-state index in [0.717, 1.165) is 0 Å². The molecule has 2 heterocycles. The van der Waals surface area contributed by atoms with Crippen molar-refractivity contribution < 1.29 is 23.5 Å². The summed E-state index contributed by atoms with van der Waals surface area (Å²) in [6.45, 7) is 0. The van der Waals surface area contributed by atoms with Gasteiger partial charge in [0, 0.05) is 28.9 Å². The highest BCUT2D eigenvalue weighted by Gasteiger charge is 2.22. The number of anilines is 1. The SMILES string of the molecule is COc1cc(NC(=O)Cc2cccc(-n3c(=O)c4c(CSC)onc4c4c(Cl)cccc43)c2)cc(OC)c1OC. The van der Waals surface area contributed by atoms with Crippen molar-refractivity contribution in [2.75, 3.05) is 32.9 Å². The molecule has 5 rings (SSSR count). The Morgan fingerprint density at radius 3 is 2.42 bits per heavy atom. The van der Waals surface area contributed by atoms with Gasteiger partial charge in [-0.1, -0.05) is 35.0 Å². The molecule has 0 spiro atoms. The van der Waals surface area contributed by atoms with Crippen molar-refractivity contribution in [1.82, 2.24) is 9.72 Å². The molecule has 0 fully saturated rings. The molecule has 0 saturated heterocycles. The maximum Gasteiger partial charge on any atom is 0.268 e. The van der Waals surface area contributed by atoms with Gasteiger partial charge >= 0.3 is 0 Å². The number of hydrogen-bond acceptors (Lipinski definition) is 8. The number of fused-ring (bicyclic) bond motifs is 3. The first-order valence-electron chi connectivity index (χ1n) is 12.2. The molecule has 0 aliphatic carbocycles. The van der Waals surface area contributed by atoms with Crippen LogP contribution in [0.4, 0.5) is 5.69 Å². The number of rotatable bonds is 9. The standard InChI is InChI=1S/C29H26ClN3O6S/c1-36-21-13-17(14-22(37-2)28(21)38-3)31-24(34)12-16-7-5-8-18(11-16)33-20-10-6-9-19(30)25(20)27-26(29(33)35)23(15-40-4)39-32-27/h5-11,13-14H,12,15H2,1-4H3,(H,31,34). The van der Waals surface area contributed by atoms with Crippen molar-refractivity contribution >= 4 is 56.8 Å². The van der Waals surface area contributed by atoms with Crippen molar-refractivity contribution in [3.63, 3.8) is 0 Å². The molecule has 11 heteroatoms. The fourth-order valence-electron chi connectivity index (χ4n) is 4.71. The number of ether oxygens (including phenoxy) is 3. The second-order valence-electron chi connectivity index (χ2n) is 8.85. The van der Waals surface area contributed by atoms with E-state index in [1.54, 1.807) is 34.9 Å². The van der Waals surface area contributed by atoms with Crippen LogP contribution in [0.3, 0.4) is 0 Å². The van der Waals surface area contributed by atoms with E-state index in [0.29, 0.717) is 72.5 Å². The summed E-state index contributed by atoms with van der Waals surface area (Å²) in [6, 6.07) is 15.9. The Balaban J connectivity index is 1.53. The first-order chi connectivity index (χ1) is 19.4. The molecular weight excluding hydrogens is 554 g/mol. The molecular formula is C29H26ClN3O6S. The molecule has 0 unspecified atom stereocenters. The fourth-order valence-corrected chi connectivity index (χ4v) is 5.42. The topological polar surface area (TPSA) is 105 Å². The average molecular weight is 580 g/mol. The third-order valence-electron chi connectivity index (χ3n) is 6.41. The lowest BCUT2D eigenvalue weighted by Gasteiger charge is -2.15. The zero-order valence-electron chi connectivity index (χ0n) is 22.2. The number of hydrogen-bond donors (Lipinski definition) is 1. The van der Waals surface area contributed by atoms with Crippen molar-refractivity contribution in [1.29, 1.82) is 0 Å². The summed E-state index contributed by atoms with van der Waals surface area (Å²) >= 11 is 8.12. The number of carbonyl (C=O) groups is 1. The average Bonchev–Trinajstić information content (AvgIpc) is 3.36. The molecule has 5 aromatic rings. The minimum Gasteiger partial charge on any atom is -0.493 e. The summed E-state index contributed by atoms with van der Waals surface area (Å²) < 4.78 is 23.2. The van der Waals surface area contributed by atoms with Crippen molar-refractivity contribution in [2.24, 2.45) is 0 Å². The predicted molar refractivity (Wildman–Crippen MR) is 158 cm³/mol. The van der Waals surface area contributed by atoms with E-state index in [1.165, 1.54) is 33.1 Å². The fraction of sp³-hybridized carbons (Fsp3) is 0.207. The molecule has 9 nitrogen and oxygen atoms in total. The van der Waals surface area contributed by atoms with Crippen LogP contribution in [0.5, 0.6) is 17.2 Å². The Morgan fingerprint density at radius 2 is 1.75 bits per heavy atom. The van der Waals surface area contributed by atoms with Gasteiger partial charge in [-0.05, 0) is 36.1 Å². The quantitative estimate of drug-likeness (QED) is 0.232. The van der Waals surface area contributed by atoms with Crippen LogP contribution in [0.2, 0.25) is 5.02 Å². The lowest BCUT2D eigenvalue weighted by Crippen LogP contribution is -2.20. The Kier molecular flexibility index (Phi) is 7.90. The minimum atomic E-state index is -0.269. The van der Waals surface area contributed by atoms with Crippen LogP contribution in [-0.2, 0) is 17.0 Å². The van der Waals surface area contributed by atoms with Gasteiger partial charge in [0.25, 0.3) is 5.56 Å². The summed E-state index contributed by atoms with van der Waals surface area (Å²) in [5, 5.41) is 8.54. The van der Waals surface area contributed by atoms with E-state index in [2.05, 4.69) is 10.5 Å². The van der Waals surface area contributed by atoms with Crippen LogP contribution in [-0.4, -0.2) is 43.2 Å². The Morgan fingerprint density at radius 1 is 1.02 bits per heavy atom. The minimum absolute atomic E-state index is 0.0607. The molecule has 0 aliphatic heterocycles. The third-order valence-corrected chi connectivity index (χ3v) is 7.27. The maximum absolute atomic E-state index is 13.9. The van der Waals surface area contributed by atoms with E-state index in [9.17, 15) is 9.59 Å². The van der Waals surface area contributed by atoms with Gasteiger partial charge in [-0.3, -0.25) is 14.2 Å². The Bertz CT molecular complexity index is 1770. The number of aromatic nitrogens is 2. The first kappa shape index (κ1) is 27.4. The number of methoxy groups -OCH3 is 3. The smallest absolute Gasteiger partial charge is 0.268 e.